The van der Waals surface area contributed by atoms with Gasteiger partial charge in [0.25, 0.3) is 11.9 Å². The van der Waals surface area contributed by atoms with Crippen LogP contribution in [0, 0.1) is 12.8 Å². The van der Waals surface area contributed by atoms with Crippen LogP contribution in [0.2, 0.25) is 0 Å². The SMILES string of the molecule is Cc1cc(OCCCC2CCN(c3noc(C(C)CN(C)C)n3)CC2)ccc1C(=O)NC[C@H](O)CO. The summed E-state index contributed by atoms with van der Waals surface area (Å²) in [4.78, 5) is 21.2. The fourth-order valence-corrected chi connectivity index (χ4v) is 4.52. The van der Waals surface area contributed by atoms with E-state index in [0.717, 1.165) is 56.6 Å². The van der Waals surface area contributed by atoms with Crippen LogP contribution in [0.25, 0.3) is 0 Å². The average Bonchev–Trinajstić information content (AvgIpc) is 3.35. The van der Waals surface area contributed by atoms with Crippen molar-refractivity contribution in [2.24, 2.45) is 5.92 Å². The second kappa shape index (κ2) is 13.6. The molecule has 3 rings (SSSR count). The first-order chi connectivity index (χ1) is 17.3. The van der Waals surface area contributed by atoms with Crippen molar-refractivity contribution in [3.05, 3.63) is 35.2 Å². The molecule has 0 saturated carbocycles. The summed E-state index contributed by atoms with van der Waals surface area (Å²) in [7, 11) is 4.08. The Bertz CT molecular complexity index is 958. The smallest absolute Gasteiger partial charge is 0.266 e. The number of aliphatic hydroxyl groups excluding tert-OH is 2. The normalized spacial score (nSPS) is 16.2. The zero-order valence-corrected chi connectivity index (χ0v) is 21.9. The molecule has 1 fully saturated rings. The second-order valence-electron chi connectivity index (χ2n) is 10.0. The number of carbonyl (C=O) groups excluding carboxylic acids is 1. The number of nitrogens with zero attached hydrogens (tertiary/aromatic N) is 4. The molecule has 36 heavy (non-hydrogen) atoms. The fourth-order valence-electron chi connectivity index (χ4n) is 4.52. The maximum atomic E-state index is 12.3. The maximum Gasteiger partial charge on any atom is 0.266 e. The van der Waals surface area contributed by atoms with Crippen molar-refractivity contribution < 1.29 is 24.3 Å². The van der Waals surface area contributed by atoms with Gasteiger partial charge in [-0.3, -0.25) is 4.79 Å². The molecule has 0 radical (unpaired) electrons. The lowest BCUT2D eigenvalue weighted by atomic mass is 9.92. The van der Waals surface area contributed by atoms with Crippen LogP contribution in [0.3, 0.4) is 0 Å². The van der Waals surface area contributed by atoms with E-state index in [1.807, 2.05) is 27.1 Å². The lowest BCUT2D eigenvalue weighted by Crippen LogP contribution is -2.34. The number of aryl methyl sites for hydroxylation is 1. The molecule has 1 unspecified atom stereocenters. The van der Waals surface area contributed by atoms with Gasteiger partial charge in [0.2, 0.25) is 5.89 Å². The lowest BCUT2D eigenvalue weighted by Gasteiger charge is -2.30. The third-order valence-corrected chi connectivity index (χ3v) is 6.57. The molecule has 2 atom stereocenters. The number of piperidine rings is 1. The number of nitrogens with one attached hydrogen (secondary N) is 1. The minimum atomic E-state index is -0.960. The van der Waals surface area contributed by atoms with E-state index in [0.29, 0.717) is 29.9 Å². The van der Waals surface area contributed by atoms with E-state index in [1.165, 1.54) is 0 Å². The molecule has 0 aliphatic carbocycles. The number of aliphatic hydroxyl groups is 2. The van der Waals surface area contributed by atoms with Gasteiger partial charge in [-0.15, -0.1) is 0 Å². The van der Waals surface area contributed by atoms with Crippen molar-refractivity contribution in [3.63, 3.8) is 0 Å². The van der Waals surface area contributed by atoms with Gasteiger partial charge in [0.05, 0.1) is 19.3 Å². The highest BCUT2D eigenvalue weighted by atomic mass is 16.5. The van der Waals surface area contributed by atoms with E-state index in [2.05, 4.69) is 32.2 Å². The minimum Gasteiger partial charge on any atom is -0.494 e. The number of hydrogen-bond acceptors (Lipinski definition) is 9. The van der Waals surface area contributed by atoms with Gasteiger partial charge in [0, 0.05) is 37.7 Å². The van der Waals surface area contributed by atoms with Crippen LogP contribution in [0.1, 0.15) is 60.3 Å². The van der Waals surface area contributed by atoms with Crippen molar-refractivity contribution in [1.82, 2.24) is 20.4 Å². The Morgan fingerprint density at radius 2 is 2.08 bits per heavy atom. The average molecular weight is 504 g/mol. The molecule has 1 aromatic carbocycles. The Morgan fingerprint density at radius 1 is 1.33 bits per heavy atom. The van der Waals surface area contributed by atoms with Gasteiger partial charge >= 0.3 is 0 Å². The lowest BCUT2D eigenvalue weighted by molar-refractivity contribution is 0.0801. The predicted molar refractivity (Wildman–Crippen MR) is 138 cm³/mol. The second-order valence-corrected chi connectivity index (χ2v) is 10.0. The van der Waals surface area contributed by atoms with Crippen molar-refractivity contribution in [3.8, 4) is 5.75 Å². The first-order valence-corrected chi connectivity index (χ1v) is 12.8. The third-order valence-electron chi connectivity index (χ3n) is 6.57. The Balaban J connectivity index is 1.36. The molecular formula is C26H41N5O5. The van der Waals surface area contributed by atoms with Crippen LogP contribution in [0.4, 0.5) is 5.95 Å². The first-order valence-electron chi connectivity index (χ1n) is 12.8. The number of benzene rings is 1. The van der Waals surface area contributed by atoms with E-state index < -0.39 is 6.10 Å². The number of carbonyl (C=O) groups is 1. The third kappa shape index (κ3) is 8.18. The summed E-state index contributed by atoms with van der Waals surface area (Å²) in [6, 6.07) is 5.38. The molecule has 1 aromatic heterocycles. The largest absolute Gasteiger partial charge is 0.494 e. The number of amides is 1. The zero-order chi connectivity index (χ0) is 26.1. The van der Waals surface area contributed by atoms with Crippen molar-refractivity contribution in [2.75, 3.05) is 58.4 Å². The molecule has 3 N–H and O–H groups in total. The number of hydrogen-bond donors (Lipinski definition) is 3. The Morgan fingerprint density at radius 3 is 2.75 bits per heavy atom. The van der Waals surface area contributed by atoms with E-state index >= 15 is 0 Å². The van der Waals surface area contributed by atoms with Crippen LogP contribution in [0.15, 0.2) is 22.7 Å². The van der Waals surface area contributed by atoms with E-state index in [1.54, 1.807) is 12.1 Å². The van der Waals surface area contributed by atoms with Gasteiger partial charge in [-0.25, -0.2) is 0 Å². The summed E-state index contributed by atoms with van der Waals surface area (Å²) >= 11 is 0. The van der Waals surface area contributed by atoms with E-state index in [-0.39, 0.29) is 25.0 Å². The number of likely N-dealkylation sites (N-methyl/N-ethyl adjacent to an activating group) is 1. The highest BCUT2D eigenvalue weighted by molar-refractivity contribution is 5.95. The molecule has 1 aliphatic heterocycles. The number of aromatic nitrogens is 2. The summed E-state index contributed by atoms with van der Waals surface area (Å²) < 4.78 is 11.4. The summed E-state index contributed by atoms with van der Waals surface area (Å²) in [5.41, 5.74) is 1.33. The molecule has 10 heteroatoms. The molecule has 200 valence electrons. The zero-order valence-electron chi connectivity index (χ0n) is 21.9. The van der Waals surface area contributed by atoms with Gasteiger partial charge in [-0.2, -0.15) is 4.98 Å². The summed E-state index contributed by atoms with van der Waals surface area (Å²) in [6.07, 6.45) is 3.32. The number of ether oxygens (including phenoxy) is 1. The van der Waals surface area contributed by atoms with Crippen LogP contribution in [-0.4, -0.2) is 90.8 Å². The van der Waals surface area contributed by atoms with Crippen LogP contribution in [0.5, 0.6) is 5.75 Å². The Labute approximate surface area is 213 Å². The quantitative estimate of drug-likeness (QED) is 0.353. The number of rotatable bonds is 13. The van der Waals surface area contributed by atoms with Crippen molar-refractivity contribution in [2.45, 2.75) is 51.6 Å². The predicted octanol–water partition coefficient (Wildman–Crippen LogP) is 2.20. The molecule has 1 aliphatic rings. The highest BCUT2D eigenvalue weighted by Crippen LogP contribution is 2.26. The summed E-state index contributed by atoms with van der Waals surface area (Å²) in [6.45, 7) is 6.96. The summed E-state index contributed by atoms with van der Waals surface area (Å²) in [5, 5.41) is 25.1. The van der Waals surface area contributed by atoms with Crippen LogP contribution in [-0.2, 0) is 0 Å². The van der Waals surface area contributed by atoms with Crippen molar-refractivity contribution >= 4 is 11.9 Å². The van der Waals surface area contributed by atoms with Crippen molar-refractivity contribution in [1.29, 1.82) is 0 Å². The molecule has 1 amide bonds. The topological polar surface area (TPSA) is 124 Å². The number of anilines is 1. The van der Waals surface area contributed by atoms with Gasteiger partial charge in [0.1, 0.15) is 5.75 Å². The fraction of sp³-hybridized carbons (Fsp3) is 0.654. The molecule has 0 bridgehead atoms. The molecule has 0 spiro atoms. The van der Waals surface area contributed by atoms with Gasteiger partial charge in [0.15, 0.2) is 0 Å². The van der Waals surface area contributed by atoms with E-state index in [4.69, 9.17) is 14.4 Å². The monoisotopic (exact) mass is 503 g/mol. The minimum absolute atomic E-state index is 0.0120. The van der Waals surface area contributed by atoms with Gasteiger partial charge in [-0.05, 0) is 81.5 Å². The molecule has 2 heterocycles. The van der Waals surface area contributed by atoms with Gasteiger partial charge in [-0.1, -0.05) is 6.92 Å². The molecule has 2 aromatic rings. The Kier molecular flexibility index (Phi) is 10.5. The first kappa shape index (κ1) is 27.9. The summed E-state index contributed by atoms with van der Waals surface area (Å²) in [5.74, 6) is 2.73. The molecule has 1 saturated heterocycles. The Hall–Kier alpha value is -2.69. The van der Waals surface area contributed by atoms with Crippen LogP contribution >= 0.6 is 0 Å². The van der Waals surface area contributed by atoms with Gasteiger partial charge < -0.3 is 34.6 Å². The standard InChI is InChI=1S/C26H41N5O5/c1-18-14-22(7-8-23(18)24(34)27-15-21(33)17-32)35-13-5-6-20-9-11-31(12-10-20)26-28-25(36-29-26)19(2)16-30(3)4/h7-8,14,19-21,32-33H,5-6,9-13,15-17H2,1-4H3,(H,27,34)/t19?,21-/m0/s1. The van der Waals surface area contributed by atoms with E-state index in [9.17, 15) is 9.90 Å². The maximum absolute atomic E-state index is 12.3. The molecule has 10 nitrogen and oxygen atoms in total. The highest BCUT2D eigenvalue weighted by Gasteiger charge is 2.24. The molecular weight excluding hydrogens is 462 g/mol. The van der Waals surface area contributed by atoms with Crippen LogP contribution < -0.4 is 15.0 Å².